The van der Waals surface area contributed by atoms with E-state index in [0.29, 0.717) is 0 Å². The molecule has 1 aliphatic heterocycles. The second-order valence-electron chi connectivity index (χ2n) is 2.82. The third kappa shape index (κ3) is 4.48. The molecule has 0 bridgehead atoms. The summed E-state index contributed by atoms with van der Waals surface area (Å²) in [4.78, 5) is 15.1. The number of carbonyl (C=O) groups is 1. The molecule has 0 saturated carbocycles. The second-order valence-corrected chi connectivity index (χ2v) is 3.08. The quantitative estimate of drug-likeness (QED) is 0.599. The predicted octanol–water partition coefficient (Wildman–Crippen LogP) is 1.03. The van der Waals surface area contributed by atoms with Crippen molar-refractivity contribution < 1.29 is 4.79 Å². The van der Waals surface area contributed by atoms with Crippen molar-refractivity contribution >= 4 is 17.5 Å². The first-order valence-corrected chi connectivity index (χ1v) is 5.30. The van der Waals surface area contributed by atoms with E-state index < -0.39 is 0 Å². The lowest BCUT2D eigenvalue weighted by Crippen LogP contribution is -2.47. The van der Waals surface area contributed by atoms with Gasteiger partial charge in [-0.25, -0.2) is 0 Å². The molecule has 0 N–H and O–H groups in total. The van der Waals surface area contributed by atoms with Crippen molar-refractivity contribution in [3.05, 3.63) is 0 Å². The van der Waals surface area contributed by atoms with Crippen molar-refractivity contribution in [1.82, 2.24) is 9.80 Å². The highest BCUT2D eigenvalue weighted by Crippen LogP contribution is 1.99. The van der Waals surface area contributed by atoms with Gasteiger partial charge in [-0.3, -0.25) is 4.79 Å². The van der Waals surface area contributed by atoms with E-state index in [1.54, 1.807) is 0 Å². The Morgan fingerprint density at radius 3 is 2.08 bits per heavy atom. The molecule has 1 rings (SSSR count). The van der Waals surface area contributed by atoms with Crippen molar-refractivity contribution in [3.8, 4) is 0 Å². The number of piperazine rings is 1. The molecule has 1 heterocycles. The molecule has 0 aromatic rings. The summed E-state index contributed by atoms with van der Waals surface area (Å²) in [5, 5.41) is 0. The molecule has 13 heavy (non-hydrogen) atoms. The number of hydrogen-bond acceptors (Lipinski definition) is 2. The van der Waals surface area contributed by atoms with Crippen LogP contribution < -0.4 is 0 Å². The van der Waals surface area contributed by atoms with Crippen LogP contribution in [0, 0.1) is 0 Å². The van der Waals surface area contributed by atoms with Gasteiger partial charge in [0.25, 0.3) is 0 Å². The summed E-state index contributed by atoms with van der Waals surface area (Å²) >= 11 is 5.42. The van der Waals surface area contributed by atoms with Crippen LogP contribution in [0.15, 0.2) is 0 Å². The summed E-state index contributed by atoms with van der Waals surface area (Å²) in [5.41, 5.74) is 0. The van der Waals surface area contributed by atoms with E-state index in [4.69, 9.17) is 11.6 Å². The van der Waals surface area contributed by atoms with Gasteiger partial charge in [0.15, 0.2) is 0 Å². The van der Waals surface area contributed by atoms with Gasteiger partial charge in [0, 0.05) is 26.2 Å². The van der Waals surface area contributed by atoms with Crippen LogP contribution in [0.4, 0.5) is 0 Å². The maximum Gasteiger partial charge on any atom is 0.237 e. The largest absolute Gasteiger partial charge is 0.339 e. The Labute approximate surface area is 85.6 Å². The molecule has 0 spiro atoms. The van der Waals surface area contributed by atoms with Gasteiger partial charge in [-0.15, -0.1) is 11.6 Å². The standard InChI is InChI=1S/C7H13ClN2O.C2H6/c1-9-2-4-10(5-3-9)7(11)6-8;1-2/h2-6H2,1H3;1-2H3. The van der Waals surface area contributed by atoms with Crippen molar-refractivity contribution in [2.45, 2.75) is 13.8 Å². The van der Waals surface area contributed by atoms with Crippen LogP contribution in [0.2, 0.25) is 0 Å². The predicted molar refractivity (Wildman–Crippen MR) is 56.1 cm³/mol. The summed E-state index contributed by atoms with van der Waals surface area (Å²) < 4.78 is 0. The zero-order chi connectivity index (χ0) is 10.3. The summed E-state index contributed by atoms with van der Waals surface area (Å²) in [6.07, 6.45) is 0. The van der Waals surface area contributed by atoms with Crippen LogP contribution >= 0.6 is 11.6 Å². The van der Waals surface area contributed by atoms with Crippen molar-refractivity contribution in [1.29, 1.82) is 0 Å². The van der Waals surface area contributed by atoms with Crippen LogP contribution in [0.5, 0.6) is 0 Å². The maximum atomic E-state index is 11.0. The average molecular weight is 207 g/mol. The van der Waals surface area contributed by atoms with Crippen molar-refractivity contribution in [3.63, 3.8) is 0 Å². The average Bonchev–Trinajstić information content (AvgIpc) is 2.21. The zero-order valence-corrected chi connectivity index (χ0v) is 9.47. The van der Waals surface area contributed by atoms with Gasteiger partial charge in [0.05, 0.1) is 0 Å². The molecule has 0 aromatic carbocycles. The van der Waals surface area contributed by atoms with E-state index in [1.807, 2.05) is 18.7 Å². The van der Waals surface area contributed by atoms with Crippen LogP contribution in [0.25, 0.3) is 0 Å². The summed E-state index contributed by atoms with van der Waals surface area (Å²) in [7, 11) is 2.06. The highest BCUT2D eigenvalue weighted by Gasteiger charge is 2.17. The summed E-state index contributed by atoms with van der Waals surface area (Å²) in [6, 6.07) is 0. The number of amides is 1. The van der Waals surface area contributed by atoms with E-state index in [0.717, 1.165) is 26.2 Å². The fraction of sp³-hybridized carbons (Fsp3) is 0.889. The summed E-state index contributed by atoms with van der Waals surface area (Å²) in [6.45, 7) is 7.56. The normalized spacial score (nSPS) is 17.7. The molecule has 0 atom stereocenters. The fourth-order valence-electron chi connectivity index (χ4n) is 1.14. The molecule has 1 amide bonds. The molecule has 0 radical (unpaired) electrons. The maximum absolute atomic E-state index is 11.0. The zero-order valence-electron chi connectivity index (χ0n) is 8.72. The number of carbonyl (C=O) groups excluding carboxylic acids is 1. The second kappa shape index (κ2) is 7.15. The lowest BCUT2D eigenvalue weighted by molar-refractivity contribution is -0.130. The van der Waals surface area contributed by atoms with Crippen LogP contribution in [0.1, 0.15) is 13.8 Å². The molecule has 0 aromatic heterocycles. The van der Waals surface area contributed by atoms with E-state index >= 15 is 0 Å². The van der Waals surface area contributed by atoms with Crippen molar-refractivity contribution in [2.75, 3.05) is 39.1 Å². The van der Waals surface area contributed by atoms with Gasteiger partial charge in [-0.05, 0) is 7.05 Å². The number of rotatable bonds is 1. The molecule has 0 aliphatic carbocycles. The minimum Gasteiger partial charge on any atom is -0.339 e. The topological polar surface area (TPSA) is 23.6 Å². The fourth-order valence-corrected chi connectivity index (χ4v) is 1.31. The Morgan fingerprint density at radius 1 is 1.23 bits per heavy atom. The number of alkyl halides is 1. The highest BCUT2D eigenvalue weighted by atomic mass is 35.5. The highest BCUT2D eigenvalue weighted by molar-refractivity contribution is 6.27. The van der Waals surface area contributed by atoms with Crippen LogP contribution in [-0.4, -0.2) is 54.8 Å². The number of halogens is 1. The summed E-state index contributed by atoms with van der Waals surface area (Å²) in [5.74, 6) is 0.170. The Kier molecular flexibility index (Phi) is 7.00. The molecule has 3 nitrogen and oxygen atoms in total. The van der Waals surface area contributed by atoms with E-state index in [9.17, 15) is 4.79 Å². The van der Waals surface area contributed by atoms with Gasteiger partial charge < -0.3 is 9.80 Å². The number of likely N-dealkylation sites (N-methyl/N-ethyl adjacent to an activating group) is 1. The lowest BCUT2D eigenvalue weighted by Gasteiger charge is -2.31. The molecular weight excluding hydrogens is 188 g/mol. The lowest BCUT2D eigenvalue weighted by atomic mass is 10.3. The first-order valence-electron chi connectivity index (χ1n) is 4.76. The van der Waals surface area contributed by atoms with Gasteiger partial charge in [-0.2, -0.15) is 0 Å². The molecule has 1 fully saturated rings. The smallest absolute Gasteiger partial charge is 0.237 e. The van der Waals surface area contributed by atoms with E-state index in [2.05, 4.69) is 11.9 Å². The van der Waals surface area contributed by atoms with Crippen LogP contribution in [-0.2, 0) is 4.79 Å². The number of hydrogen-bond donors (Lipinski definition) is 0. The Bertz CT molecular complexity index is 145. The minimum absolute atomic E-state index is 0.0553. The molecule has 1 saturated heterocycles. The minimum atomic E-state index is 0.0553. The first-order chi connectivity index (χ1) is 6.24. The van der Waals surface area contributed by atoms with E-state index in [1.165, 1.54) is 0 Å². The first kappa shape index (κ1) is 12.7. The van der Waals surface area contributed by atoms with Gasteiger partial charge >= 0.3 is 0 Å². The van der Waals surface area contributed by atoms with E-state index in [-0.39, 0.29) is 11.8 Å². The molecule has 78 valence electrons. The molecular formula is C9H19ClN2O. The van der Waals surface area contributed by atoms with Gasteiger partial charge in [0.2, 0.25) is 5.91 Å². The Balaban J connectivity index is 0.000000671. The molecule has 0 unspecified atom stereocenters. The molecule has 1 aliphatic rings. The van der Waals surface area contributed by atoms with Gasteiger partial charge in [-0.1, -0.05) is 13.8 Å². The Morgan fingerprint density at radius 2 is 1.69 bits per heavy atom. The Hall–Kier alpha value is -0.280. The van der Waals surface area contributed by atoms with Crippen LogP contribution in [0.3, 0.4) is 0 Å². The third-order valence-electron chi connectivity index (χ3n) is 1.97. The van der Waals surface area contributed by atoms with Gasteiger partial charge in [0.1, 0.15) is 5.88 Å². The van der Waals surface area contributed by atoms with Crippen molar-refractivity contribution in [2.24, 2.45) is 0 Å². The SMILES string of the molecule is CC.CN1CCN(C(=O)CCl)CC1. The molecule has 4 heteroatoms. The monoisotopic (exact) mass is 206 g/mol. The number of nitrogens with zero attached hydrogens (tertiary/aromatic N) is 2. The third-order valence-corrected chi connectivity index (χ3v) is 2.20.